The van der Waals surface area contributed by atoms with Crippen molar-refractivity contribution in [2.75, 3.05) is 11.4 Å². The molecule has 0 unspecified atom stereocenters. The Morgan fingerprint density at radius 1 is 1.00 bits per heavy atom. The molecule has 156 valence electrons. The molecule has 2 aromatic rings. The Morgan fingerprint density at radius 3 is 2.23 bits per heavy atom. The van der Waals surface area contributed by atoms with E-state index in [2.05, 4.69) is 5.32 Å². The molecule has 2 atom stereocenters. The van der Waals surface area contributed by atoms with Crippen LogP contribution in [0.4, 0.5) is 28.0 Å². The van der Waals surface area contributed by atoms with Crippen LogP contribution in [0.25, 0.3) is 0 Å². The number of hydrogen-bond donors (Lipinski definition) is 1. The van der Waals surface area contributed by atoms with Gasteiger partial charge in [-0.25, -0.2) is 14.1 Å². The van der Waals surface area contributed by atoms with Crippen molar-refractivity contribution in [2.24, 2.45) is 0 Å². The second-order valence-corrected chi connectivity index (χ2v) is 7.01. The van der Waals surface area contributed by atoms with Crippen molar-refractivity contribution in [1.29, 1.82) is 0 Å². The van der Waals surface area contributed by atoms with Crippen LogP contribution in [0.15, 0.2) is 48.5 Å². The molecule has 4 rings (SSSR count). The zero-order chi connectivity index (χ0) is 21.6. The number of benzene rings is 2. The minimum atomic E-state index is -4.53. The molecular weight excluding hydrogens is 406 g/mol. The van der Waals surface area contributed by atoms with Gasteiger partial charge in [-0.15, -0.1) is 0 Å². The fraction of sp³-hybridized carbons (Fsp3) is 0.250. The van der Waals surface area contributed by atoms with Crippen molar-refractivity contribution in [2.45, 2.75) is 24.7 Å². The van der Waals surface area contributed by atoms with Crippen LogP contribution >= 0.6 is 0 Å². The number of nitrogens with one attached hydrogen (secondary N) is 1. The summed E-state index contributed by atoms with van der Waals surface area (Å²) < 4.78 is 51.4. The van der Waals surface area contributed by atoms with E-state index >= 15 is 0 Å². The third-order valence-corrected chi connectivity index (χ3v) is 5.19. The highest BCUT2D eigenvalue weighted by Crippen LogP contribution is 2.31. The molecule has 0 saturated carbocycles. The third kappa shape index (κ3) is 3.38. The quantitative estimate of drug-likeness (QED) is 0.758. The molecule has 1 N–H and O–H groups in total. The maximum Gasteiger partial charge on any atom is 0.416 e. The van der Waals surface area contributed by atoms with Crippen LogP contribution in [-0.4, -0.2) is 41.4 Å². The number of anilines is 1. The molecule has 2 heterocycles. The summed E-state index contributed by atoms with van der Waals surface area (Å²) in [5, 5.41) is 2.67. The van der Waals surface area contributed by atoms with Gasteiger partial charge in [-0.2, -0.15) is 13.2 Å². The van der Waals surface area contributed by atoms with Gasteiger partial charge in [0.25, 0.3) is 11.8 Å². The molecule has 2 aliphatic heterocycles. The summed E-state index contributed by atoms with van der Waals surface area (Å²) in [5.41, 5.74) is -0.741. The molecule has 0 aliphatic carbocycles. The number of urea groups is 1. The number of imide groups is 1. The van der Waals surface area contributed by atoms with Crippen molar-refractivity contribution < 1.29 is 31.9 Å². The molecule has 2 aromatic carbocycles. The Hall–Kier alpha value is -3.43. The number of alkyl halides is 3. The molecule has 30 heavy (non-hydrogen) atoms. The molecule has 0 spiro atoms. The van der Waals surface area contributed by atoms with E-state index in [9.17, 15) is 31.9 Å². The molecule has 0 bridgehead atoms. The Labute approximate surface area is 168 Å². The highest BCUT2D eigenvalue weighted by molar-refractivity contribution is 6.19. The number of fused-ring (bicyclic) bond motifs is 1. The molecule has 0 aromatic heterocycles. The van der Waals surface area contributed by atoms with Gasteiger partial charge in [-0.3, -0.25) is 9.59 Å². The number of carbonyl (C=O) groups is 3. The van der Waals surface area contributed by atoms with Crippen LogP contribution < -0.4 is 10.2 Å². The lowest BCUT2D eigenvalue weighted by atomic mass is 10.0. The fourth-order valence-corrected chi connectivity index (χ4v) is 3.73. The lowest BCUT2D eigenvalue weighted by Gasteiger charge is -2.36. The molecule has 2 saturated heterocycles. The SMILES string of the molecule is O=C1N[C@H]2CCN(C(=O)c3ccc(C(F)(F)F)cc3)[C@@H]2C(=O)N1c1ccc(F)cc1. The Balaban J connectivity index is 1.60. The van der Waals surface area contributed by atoms with Gasteiger partial charge >= 0.3 is 12.2 Å². The minimum Gasteiger partial charge on any atom is -0.332 e. The number of nitrogens with zero attached hydrogens (tertiary/aromatic N) is 2. The molecule has 2 aliphatic rings. The Kier molecular flexibility index (Phi) is 4.71. The molecule has 0 radical (unpaired) electrons. The number of amides is 4. The average molecular weight is 421 g/mol. The second kappa shape index (κ2) is 7.12. The summed E-state index contributed by atoms with van der Waals surface area (Å²) >= 11 is 0. The van der Waals surface area contributed by atoms with Crippen molar-refractivity contribution in [3.05, 3.63) is 65.5 Å². The zero-order valence-electron chi connectivity index (χ0n) is 15.3. The van der Waals surface area contributed by atoms with Gasteiger partial charge in [0.2, 0.25) is 0 Å². The monoisotopic (exact) mass is 421 g/mol. The van der Waals surface area contributed by atoms with Crippen molar-refractivity contribution in [1.82, 2.24) is 10.2 Å². The predicted molar refractivity (Wildman–Crippen MR) is 97.1 cm³/mol. The first-order chi connectivity index (χ1) is 14.2. The van der Waals surface area contributed by atoms with Gasteiger partial charge in [0.05, 0.1) is 17.3 Å². The molecule has 6 nitrogen and oxygen atoms in total. The van der Waals surface area contributed by atoms with Crippen molar-refractivity contribution >= 4 is 23.5 Å². The topological polar surface area (TPSA) is 69.7 Å². The molecule has 10 heteroatoms. The van der Waals surface area contributed by atoms with Crippen LogP contribution in [0.3, 0.4) is 0 Å². The number of likely N-dealkylation sites (tertiary alicyclic amines) is 1. The largest absolute Gasteiger partial charge is 0.416 e. The van der Waals surface area contributed by atoms with Gasteiger partial charge in [0, 0.05) is 12.1 Å². The molecular formula is C20H15F4N3O3. The minimum absolute atomic E-state index is 0.00156. The summed E-state index contributed by atoms with van der Waals surface area (Å²) in [4.78, 5) is 40.4. The second-order valence-electron chi connectivity index (χ2n) is 7.01. The standard InChI is InChI=1S/C20H15F4N3O3/c21-13-5-7-14(8-6-13)27-18(29)16-15(25-19(27)30)9-10-26(16)17(28)11-1-3-12(4-2-11)20(22,23)24/h1-8,15-16H,9-10H2,(H,25,30)/t15-,16-/m0/s1. The average Bonchev–Trinajstić information content (AvgIpc) is 3.12. The maximum absolute atomic E-state index is 13.2. The summed E-state index contributed by atoms with van der Waals surface area (Å²) in [6, 6.07) is 6.15. The van der Waals surface area contributed by atoms with Gasteiger partial charge < -0.3 is 10.2 Å². The summed E-state index contributed by atoms with van der Waals surface area (Å²) in [6.07, 6.45) is -4.20. The van der Waals surface area contributed by atoms with E-state index in [1.54, 1.807) is 0 Å². The van der Waals surface area contributed by atoms with Crippen LogP contribution in [0.5, 0.6) is 0 Å². The van der Waals surface area contributed by atoms with E-state index in [-0.39, 0.29) is 17.8 Å². The number of rotatable bonds is 2. The Bertz CT molecular complexity index is 1010. The van der Waals surface area contributed by atoms with E-state index in [1.165, 1.54) is 17.0 Å². The smallest absolute Gasteiger partial charge is 0.332 e. The van der Waals surface area contributed by atoms with Crippen molar-refractivity contribution in [3.8, 4) is 0 Å². The maximum atomic E-state index is 13.2. The van der Waals surface area contributed by atoms with E-state index in [0.29, 0.717) is 6.42 Å². The summed E-state index contributed by atoms with van der Waals surface area (Å²) in [5.74, 6) is -1.81. The van der Waals surface area contributed by atoms with Crippen LogP contribution in [0.2, 0.25) is 0 Å². The van der Waals surface area contributed by atoms with Crippen LogP contribution in [-0.2, 0) is 11.0 Å². The summed E-state index contributed by atoms with van der Waals surface area (Å²) in [6.45, 7) is 0.151. The number of halogens is 4. The lowest BCUT2D eigenvalue weighted by molar-refractivity contribution is -0.137. The zero-order valence-corrected chi connectivity index (χ0v) is 15.3. The first-order valence-electron chi connectivity index (χ1n) is 9.05. The lowest BCUT2D eigenvalue weighted by Crippen LogP contribution is -2.65. The van der Waals surface area contributed by atoms with Gasteiger partial charge in [-0.1, -0.05) is 0 Å². The van der Waals surface area contributed by atoms with E-state index < -0.39 is 47.5 Å². The van der Waals surface area contributed by atoms with E-state index in [1.807, 2.05) is 0 Å². The van der Waals surface area contributed by atoms with Crippen molar-refractivity contribution in [3.63, 3.8) is 0 Å². The third-order valence-electron chi connectivity index (χ3n) is 5.19. The number of hydrogen-bond acceptors (Lipinski definition) is 3. The molecule has 4 amide bonds. The van der Waals surface area contributed by atoms with Crippen LogP contribution in [0.1, 0.15) is 22.3 Å². The van der Waals surface area contributed by atoms with Crippen LogP contribution in [0, 0.1) is 5.82 Å². The molecule has 2 fully saturated rings. The van der Waals surface area contributed by atoms with E-state index in [0.717, 1.165) is 41.3 Å². The van der Waals surface area contributed by atoms with Gasteiger partial charge in [0.1, 0.15) is 11.9 Å². The number of carbonyl (C=O) groups excluding carboxylic acids is 3. The first kappa shape index (κ1) is 19.9. The first-order valence-corrected chi connectivity index (χ1v) is 9.05. The summed E-state index contributed by atoms with van der Waals surface area (Å²) in [7, 11) is 0. The van der Waals surface area contributed by atoms with Gasteiger partial charge in [0.15, 0.2) is 0 Å². The highest BCUT2D eigenvalue weighted by Gasteiger charge is 2.50. The Morgan fingerprint density at radius 2 is 1.63 bits per heavy atom. The highest BCUT2D eigenvalue weighted by atomic mass is 19.4. The fourth-order valence-electron chi connectivity index (χ4n) is 3.73. The normalized spacial score (nSPS) is 21.5. The predicted octanol–water partition coefficient (Wildman–Crippen LogP) is 3.18. The van der Waals surface area contributed by atoms with Gasteiger partial charge in [-0.05, 0) is 55.0 Å². The van der Waals surface area contributed by atoms with E-state index in [4.69, 9.17) is 0 Å².